The molecule has 11 heteroatoms. The van der Waals surface area contributed by atoms with Crippen molar-refractivity contribution in [3.63, 3.8) is 0 Å². The van der Waals surface area contributed by atoms with Gasteiger partial charge in [0.2, 0.25) is 11.7 Å². The van der Waals surface area contributed by atoms with E-state index in [1.54, 1.807) is 0 Å². The van der Waals surface area contributed by atoms with E-state index in [1.807, 2.05) is 0 Å². The Balaban J connectivity index is 1.99. The van der Waals surface area contributed by atoms with Gasteiger partial charge in [-0.2, -0.15) is 13.2 Å². The topological polar surface area (TPSA) is 90.2 Å². The number of nitrogens with one attached hydrogen (secondary N) is 1. The van der Waals surface area contributed by atoms with E-state index < -0.39 is 22.5 Å². The molecule has 2 aromatic heterocycles. The number of hydrogen-bond donors (Lipinski definition) is 1. The predicted octanol–water partition coefficient (Wildman–Crippen LogP) is 3.55. The third kappa shape index (κ3) is 4.44. The molecule has 2 rings (SSSR count). The quantitative estimate of drug-likeness (QED) is 0.480. The highest BCUT2D eigenvalue weighted by atomic mass is 35.5. The highest BCUT2D eigenvalue weighted by Gasteiger charge is 2.35. The summed E-state index contributed by atoms with van der Waals surface area (Å²) in [6.45, 7) is -0.231. The van der Waals surface area contributed by atoms with Crippen LogP contribution in [-0.4, -0.2) is 28.0 Å². The lowest BCUT2D eigenvalue weighted by molar-refractivity contribution is -0.384. The Morgan fingerprint density at radius 2 is 2.12 bits per heavy atom. The van der Waals surface area contributed by atoms with Crippen molar-refractivity contribution >= 4 is 23.1 Å². The Morgan fingerprint density at radius 3 is 2.79 bits per heavy atom. The van der Waals surface area contributed by atoms with Crippen molar-refractivity contribution in [1.82, 2.24) is 9.97 Å². The fourth-order valence-electron chi connectivity index (χ4n) is 1.74. The molecule has 0 spiro atoms. The van der Waals surface area contributed by atoms with E-state index in [-0.39, 0.29) is 29.7 Å². The number of nitrogens with zero attached hydrogens (tertiary/aromatic N) is 3. The van der Waals surface area contributed by atoms with Gasteiger partial charge in [-0.05, 0) is 12.1 Å². The fourth-order valence-corrected chi connectivity index (χ4v) is 1.89. The van der Waals surface area contributed by atoms with E-state index in [4.69, 9.17) is 16.3 Å². The van der Waals surface area contributed by atoms with Gasteiger partial charge in [0, 0.05) is 18.5 Å². The van der Waals surface area contributed by atoms with E-state index >= 15 is 0 Å². The minimum atomic E-state index is -4.59. The normalized spacial score (nSPS) is 11.2. The molecule has 0 saturated carbocycles. The third-order valence-electron chi connectivity index (χ3n) is 2.74. The maximum Gasteiger partial charge on any atom is 0.421 e. The lowest BCUT2D eigenvalue weighted by atomic mass is 10.2. The van der Waals surface area contributed by atoms with Crippen molar-refractivity contribution in [3.8, 4) is 5.88 Å². The molecule has 0 aromatic carbocycles. The number of aromatic nitrogens is 2. The molecule has 128 valence electrons. The summed E-state index contributed by atoms with van der Waals surface area (Å²) in [6.07, 6.45) is -2.21. The van der Waals surface area contributed by atoms with Gasteiger partial charge in [-0.3, -0.25) is 10.1 Å². The first kappa shape index (κ1) is 17.7. The van der Waals surface area contributed by atoms with Crippen LogP contribution in [-0.2, 0) is 6.18 Å². The molecule has 2 aromatic rings. The van der Waals surface area contributed by atoms with E-state index in [1.165, 1.54) is 12.4 Å². The Kier molecular flexibility index (Phi) is 5.39. The lowest BCUT2D eigenvalue weighted by Crippen LogP contribution is -2.16. The summed E-state index contributed by atoms with van der Waals surface area (Å²) in [5, 5.41) is 13.6. The zero-order chi connectivity index (χ0) is 17.7. The van der Waals surface area contributed by atoms with Crippen LogP contribution in [0.1, 0.15) is 5.56 Å². The zero-order valence-corrected chi connectivity index (χ0v) is 12.6. The monoisotopic (exact) mass is 362 g/mol. The van der Waals surface area contributed by atoms with Crippen molar-refractivity contribution in [2.75, 3.05) is 18.5 Å². The molecule has 0 saturated heterocycles. The number of halogens is 4. The Bertz CT molecular complexity index is 743. The molecule has 0 aliphatic rings. The van der Waals surface area contributed by atoms with Gasteiger partial charge in [0.25, 0.3) is 0 Å². The van der Waals surface area contributed by atoms with E-state index in [2.05, 4.69) is 15.3 Å². The number of hydrogen-bond acceptors (Lipinski definition) is 6. The largest absolute Gasteiger partial charge is 0.475 e. The molecule has 0 unspecified atom stereocenters. The number of pyridine rings is 2. The smallest absolute Gasteiger partial charge is 0.421 e. The summed E-state index contributed by atoms with van der Waals surface area (Å²) < 4.78 is 43.3. The van der Waals surface area contributed by atoms with Crippen LogP contribution < -0.4 is 10.1 Å². The molecule has 7 nitrogen and oxygen atoms in total. The van der Waals surface area contributed by atoms with Gasteiger partial charge in [-0.25, -0.2) is 9.97 Å². The van der Waals surface area contributed by atoms with Gasteiger partial charge in [-0.15, -0.1) is 0 Å². The standard InChI is InChI=1S/C13H10ClF3N4O3/c14-8-6-10(21(22)23)11(20-7-8)18-4-5-24-12-9(13(15,16)17)2-1-3-19-12/h1-3,6-7H,4-5H2,(H,18,20). The number of alkyl halides is 3. The second kappa shape index (κ2) is 7.30. The van der Waals surface area contributed by atoms with Crippen molar-refractivity contribution in [2.24, 2.45) is 0 Å². The molecule has 0 bridgehead atoms. The van der Waals surface area contributed by atoms with Crippen LogP contribution in [0.5, 0.6) is 5.88 Å². The zero-order valence-electron chi connectivity index (χ0n) is 11.9. The third-order valence-corrected chi connectivity index (χ3v) is 2.95. The van der Waals surface area contributed by atoms with Crippen molar-refractivity contribution in [2.45, 2.75) is 6.18 Å². The molecule has 0 atom stereocenters. The van der Waals surface area contributed by atoms with Gasteiger partial charge in [0.05, 0.1) is 16.5 Å². The van der Waals surface area contributed by atoms with Crippen LogP contribution in [0.4, 0.5) is 24.7 Å². The molecule has 0 radical (unpaired) electrons. The molecule has 0 aliphatic heterocycles. The van der Waals surface area contributed by atoms with Crippen LogP contribution in [0.25, 0.3) is 0 Å². The van der Waals surface area contributed by atoms with Crippen molar-refractivity contribution in [1.29, 1.82) is 0 Å². The highest BCUT2D eigenvalue weighted by molar-refractivity contribution is 6.30. The number of rotatable bonds is 6. The molecule has 1 N–H and O–H groups in total. The van der Waals surface area contributed by atoms with Crippen molar-refractivity contribution < 1.29 is 22.8 Å². The second-order valence-corrected chi connectivity index (χ2v) is 4.84. The number of ether oxygens (including phenoxy) is 1. The SMILES string of the molecule is O=[N+]([O-])c1cc(Cl)cnc1NCCOc1ncccc1C(F)(F)F. The van der Waals surface area contributed by atoms with E-state index in [0.717, 1.165) is 18.2 Å². The van der Waals surface area contributed by atoms with Crippen LogP contribution in [0, 0.1) is 10.1 Å². The summed E-state index contributed by atoms with van der Waals surface area (Å²) in [7, 11) is 0. The van der Waals surface area contributed by atoms with Gasteiger partial charge in [-0.1, -0.05) is 11.6 Å². The fraction of sp³-hybridized carbons (Fsp3) is 0.231. The van der Waals surface area contributed by atoms with Crippen molar-refractivity contribution in [3.05, 3.63) is 51.3 Å². The summed E-state index contributed by atoms with van der Waals surface area (Å²) in [4.78, 5) is 17.5. The lowest BCUT2D eigenvalue weighted by Gasteiger charge is -2.12. The van der Waals surface area contributed by atoms with Gasteiger partial charge >= 0.3 is 11.9 Å². The Hall–Kier alpha value is -2.62. The molecular weight excluding hydrogens is 353 g/mol. The molecule has 0 amide bonds. The van der Waals surface area contributed by atoms with E-state index in [9.17, 15) is 23.3 Å². The van der Waals surface area contributed by atoms with Crippen LogP contribution in [0.3, 0.4) is 0 Å². The Labute approximate surface area is 138 Å². The predicted molar refractivity (Wildman–Crippen MR) is 79.1 cm³/mol. The van der Waals surface area contributed by atoms with Gasteiger partial charge < -0.3 is 10.1 Å². The first-order chi connectivity index (χ1) is 11.3. The molecule has 24 heavy (non-hydrogen) atoms. The number of anilines is 1. The average Bonchev–Trinajstić information content (AvgIpc) is 2.52. The minimum Gasteiger partial charge on any atom is -0.475 e. The van der Waals surface area contributed by atoms with Crippen LogP contribution >= 0.6 is 11.6 Å². The summed E-state index contributed by atoms with van der Waals surface area (Å²) in [5.41, 5.74) is -1.35. The molecule has 0 fully saturated rings. The second-order valence-electron chi connectivity index (χ2n) is 4.41. The van der Waals surface area contributed by atoms with Crippen LogP contribution in [0.2, 0.25) is 5.02 Å². The number of nitro groups is 1. The van der Waals surface area contributed by atoms with Gasteiger partial charge in [0.1, 0.15) is 12.2 Å². The first-order valence-corrected chi connectivity index (χ1v) is 6.85. The maximum atomic E-state index is 12.8. The highest BCUT2D eigenvalue weighted by Crippen LogP contribution is 2.34. The maximum absolute atomic E-state index is 12.8. The molecular formula is C13H10ClF3N4O3. The summed E-state index contributed by atoms with van der Waals surface area (Å²) in [6, 6.07) is 3.11. The van der Waals surface area contributed by atoms with Crippen LogP contribution in [0.15, 0.2) is 30.6 Å². The van der Waals surface area contributed by atoms with E-state index in [0.29, 0.717) is 0 Å². The average molecular weight is 363 g/mol. The Morgan fingerprint density at radius 1 is 1.38 bits per heavy atom. The summed E-state index contributed by atoms with van der Waals surface area (Å²) >= 11 is 5.63. The first-order valence-electron chi connectivity index (χ1n) is 6.48. The molecule has 0 aliphatic carbocycles. The molecule has 2 heterocycles. The minimum absolute atomic E-state index is 0.0245. The van der Waals surface area contributed by atoms with Gasteiger partial charge in [0.15, 0.2) is 0 Å². The summed E-state index contributed by atoms with van der Waals surface area (Å²) in [5.74, 6) is -0.629.